The van der Waals surface area contributed by atoms with Crippen molar-refractivity contribution in [3.8, 4) is 0 Å². The molecule has 118 valence electrons. The minimum Gasteiger partial charge on any atom is -0.388 e. The smallest absolute Gasteiger partial charge is 0.265 e. The fourth-order valence-corrected chi connectivity index (χ4v) is 3.36. The Kier molecular flexibility index (Phi) is 4.68. The lowest BCUT2D eigenvalue weighted by molar-refractivity contribution is -0.0232. The third kappa shape index (κ3) is 4.01. The van der Waals surface area contributed by atoms with E-state index in [0.29, 0.717) is 16.8 Å². The van der Waals surface area contributed by atoms with Crippen LogP contribution in [0.15, 0.2) is 0 Å². The summed E-state index contributed by atoms with van der Waals surface area (Å²) in [5.41, 5.74) is 0.249. The van der Waals surface area contributed by atoms with Gasteiger partial charge in [0.2, 0.25) is 0 Å². The Labute approximate surface area is 130 Å². The van der Waals surface area contributed by atoms with Gasteiger partial charge in [0, 0.05) is 6.54 Å². The molecule has 6 heteroatoms. The van der Waals surface area contributed by atoms with Crippen molar-refractivity contribution in [2.45, 2.75) is 64.9 Å². The molecule has 0 aliphatic heterocycles. The number of aromatic nitrogens is 2. The van der Waals surface area contributed by atoms with Gasteiger partial charge in [-0.3, -0.25) is 4.79 Å². The average Bonchev–Trinajstić information content (AvgIpc) is 2.90. The molecule has 2 N–H and O–H groups in total. The maximum atomic E-state index is 12.3. The summed E-state index contributed by atoms with van der Waals surface area (Å²) in [4.78, 5) is 12.8. The highest BCUT2D eigenvalue weighted by Gasteiger charge is 2.37. The van der Waals surface area contributed by atoms with E-state index in [2.05, 4.69) is 28.8 Å². The Morgan fingerprint density at radius 1 is 1.33 bits per heavy atom. The molecule has 1 aromatic rings. The van der Waals surface area contributed by atoms with Crippen molar-refractivity contribution >= 4 is 17.4 Å². The molecule has 0 atom stereocenters. The molecule has 1 amide bonds. The molecule has 0 unspecified atom stereocenters. The van der Waals surface area contributed by atoms with E-state index in [1.54, 1.807) is 0 Å². The molecule has 1 aliphatic carbocycles. The summed E-state index contributed by atoms with van der Waals surface area (Å²) in [5, 5.41) is 17.5. The maximum absolute atomic E-state index is 12.3. The van der Waals surface area contributed by atoms with Gasteiger partial charge in [-0.1, -0.05) is 32.2 Å². The van der Waals surface area contributed by atoms with Crippen LogP contribution in [0.3, 0.4) is 0 Å². The van der Waals surface area contributed by atoms with Gasteiger partial charge in [0.15, 0.2) is 0 Å². The first-order valence-corrected chi connectivity index (χ1v) is 8.33. The number of rotatable bonds is 4. The maximum Gasteiger partial charge on any atom is 0.265 e. The van der Waals surface area contributed by atoms with Crippen molar-refractivity contribution in [1.82, 2.24) is 14.9 Å². The highest BCUT2D eigenvalue weighted by molar-refractivity contribution is 7.08. The van der Waals surface area contributed by atoms with Crippen LogP contribution in [0.25, 0.3) is 0 Å². The molecule has 1 aromatic heterocycles. The van der Waals surface area contributed by atoms with Crippen molar-refractivity contribution < 1.29 is 9.90 Å². The summed E-state index contributed by atoms with van der Waals surface area (Å²) >= 11 is 1.12. The zero-order valence-electron chi connectivity index (χ0n) is 13.3. The third-order valence-electron chi connectivity index (χ3n) is 4.38. The van der Waals surface area contributed by atoms with Crippen molar-refractivity contribution in [3.05, 3.63) is 10.6 Å². The quantitative estimate of drug-likeness (QED) is 0.896. The second kappa shape index (κ2) is 6.01. The molecular formula is C15H25N3O2S. The zero-order valence-corrected chi connectivity index (χ0v) is 14.1. The van der Waals surface area contributed by atoms with Crippen LogP contribution < -0.4 is 5.32 Å². The third-order valence-corrected chi connectivity index (χ3v) is 5.12. The van der Waals surface area contributed by atoms with Gasteiger partial charge in [-0.15, -0.1) is 5.10 Å². The first-order chi connectivity index (χ1) is 9.72. The molecule has 1 fully saturated rings. The average molecular weight is 311 g/mol. The Morgan fingerprint density at radius 3 is 2.52 bits per heavy atom. The Balaban J connectivity index is 1.94. The lowest BCUT2D eigenvalue weighted by atomic mass is 9.71. The van der Waals surface area contributed by atoms with Crippen molar-refractivity contribution in [2.24, 2.45) is 5.41 Å². The van der Waals surface area contributed by atoms with Crippen molar-refractivity contribution in [1.29, 1.82) is 0 Å². The van der Waals surface area contributed by atoms with Crippen LogP contribution in [0.1, 0.15) is 74.7 Å². The van der Waals surface area contributed by atoms with Crippen molar-refractivity contribution in [3.63, 3.8) is 0 Å². The molecule has 0 spiro atoms. The van der Waals surface area contributed by atoms with Crippen molar-refractivity contribution in [2.75, 3.05) is 6.54 Å². The van der Waals surface area contributed by atoms with Crippen LogP contribution >= 0.6 is 11.5 Å². The van der Waals surface area contributed by atoms with E-state index in [1.165, 1.54) is 0 Å². The minimum absolute atomic E-state index is 0.170. The number of hydrogen-bond acceptors (Lipinski definition) is 5. The van der Waals surface area contributed by atoms with E-state index in [-0.39, 0.29) is 11.8 Å². The summed E-state index contributed by atoms with van der Waals surface area (Å²) in [6.07, 6.45) is 3.44. The van der Waals surface area contributed by atoms with E-state index in [0.717, 1.165) is 42.9 Å². The number of aliphatic hydroxyl groups is 1. The normalized spacial score (nSPS) is 20.5. The zero-order chi connectivity index (χ0) is 15.7. The van der Waals surface area contributed by atoms with Gasteiger partial charge < -0.3 is 10.4 Å². The number of amides is 1. The van der Waals surface area contributed by atoms with E-state index in [1.807, 2.05) is 13.8 Å². The largest absolute Gasteiger partial charge is 0.388 e. The number of nitrogens with zero attached hydrogens (tertiary/aromatic N) is 2. The first-order valence-electron chi connectivity index (χ1n) is 7.55. The molecule has 1 aliphatic rings. The van der Waals surface area contributed by atoms with Crippen LogP contribution in [-0.4, -0.2) is 32.7 Å². The molecule has 2 rings (SSSR count). The van der Waals surface area contributed by atoms with Gasteiger partial charge in [0.05, 0.1) is 11.3 Å². The highest BCUT2D eigenvalue weighted by Crippen LogP contribution is 2.39. The Morgan fingerprint density at radius 2 is 1.95 bits per heavy atom. The van der Waals surface area contributed by atoms with Gasteiger partial charge in [-0.25, -0.2) is 0 Å². The number of carbonyl (C=O) groups excluding carboxylic acids is 1. The standard InChI is InChI=1S/C15H25N3O2S/c1-10(2)11-12(21-18-17-11)13(19)16-9-15(20)7-5-14(3,4)6-8-15/h10,20H,5-9H2,1-4H3,(H,16,19). The molecule has 0 aromatic carbocycles. The monoisotopic (exact) mass is 311 g/mol. The fraction of sp³-hybridized carbons (Fsp3) is 0.800. The number of hydrogen-bond donors (Lipinski definition) is 2. The van der Waals surface area contributed by atoms with E-state index in [9.17, 15) is 9.90 Å². The summed E-state index contributed by atoms with van der Waals surface area (Å²) in [6, 6.07) is 0. The van der Waals surface area contributed by atoms with Crippen LogP contribution in [0.5, 0.6) is 0 Å². The summed E-state index contributed by atoms with van der Waals surface area (Å²) < 4.78 is 3.86. The lowest BCUT2D eigenvalue weighted by Gasteiger charge is -2.40. The molecule has 0 saturated heterocycles. The summed E-state index contributed by atoms with van der Waals surface area (Å²) in [5.74, 6) is -0.00461. The predicted octanol–water partition coefficient (Wildman–Crippen LogP) is 2.72. The van der Waals surface area contributed by atoms with Gasteiger partial charge in [0.25, 0.3) is 5.91 Å². The Bertz CT molecular complexity index is 501. The SMILES string of the molecule is CC(C)c1nnsc1C(=O)NCC1(O)CCC(C)(C)CC1. The van der Waals surface area contributed by atoms with Crippen LogP contribution in [-0.2, 0) is 0 Å². The molecule has 1 heterocycles. The predicted molar refractivity (Wildman–Crippen MR) is 83.5 cm³/mol. The molecule has 0 radical (unpaired) electrons. The lowest BCUT2D eigenvalue weighted by Crippen LogP contribution is -2.46. The minimum atomic E-state index is -0.776. The molecule has 1 saturated carbocycles. The van der Waals surface area contributed by atoms with E-state index < -0.39 is 5.60 Å². The van der Waals surface area contributed by atoms with Gasteiger partial charge in [-0.2, -0.15) is 0 Å². The van der Waals surface area contributed by atoms with Crippen LogP contribution in [0.2, 0.25) is 0 Å². The molecule has 5 nitrogen and oxygen atoms in total. The highest BCUT2D eigenvalue weighted by atomic mass is 32.1. The topological polar surface area (TPSA) is 75.1 Å². The van der Waals surface area contributed by atoms with Crippen LogP contribution in [0, 0.1) is 5.41 Å². The van der Waals surface area contributed by atoms with E-state index in [4.69, 9.17) is 0 Å². The van der Waals surface area contributed by atoms with E-state index >= 15 is 0 Å². The second-order valence-electron chi connectivity index (χ2n) is 7.21. The molecule has 0 bridgehead atoms. The first kappa shape index (κ1) is 16.4. The van der Waals surface area contributed by atoms with Gasteiger partial charge in [-0.05, 0) is 48.5 Å². The number of carbonyl (C=O) groups is 1. The number of nitrogens with one attached hydrogen (secondary N) is 1. The second-order valence-corrected chi connectivity index (χ2v) is 7.97. The fourth-order valence-electron chi connectivity index (χ4n) is 2.63. The molecular weight excluding hydrogens is 286 g/mol. The summed E-state index contributed by atoms with van der Waals surface area (Å²) in [6.45, 7) is 8.73. The Hall–Kier alpha value is -1.01. The van der Waals surface area contributed by atoms with Crippen LogP contribution in [0.4, 0.5) is 0 Å². The van der Waals surface area contributed by atoms with Gasteiger partial charge in [0.1, 0.15) is 4.88 Å². The van der Waals surface area contributed by atoms with Gasteiger partial charge >= 0.3 is 0 Å². The molecule has 21 heavy (non-hydrogen) atoms. The summed E-state index contributed by atoms with van der Waals surface area (Å²) in [7, 11) is 0.